The summed E-state index contributed by atoms with van der Waals surface area (Å²) in [5.74, 6) is -0.371. The maximum atomic E-state index is 12.7. The van der Waals surface area contributed by atoms with Gasteiger partial charge >= 0.3 is 5.69 Å². The summed E-state index contributed by atoms with van der Waals surface area (Å²) in [6, 6.07) is 4.41. The highest BCUT2D eigenvalue weighted by Gasteiger charge is 2.24. The van der Waals surface area contributed by atoms with Crippen LogP contribution in [-0.4, -0.2) is 47.4 Å². The minimum absolute atomic E-state index is 0.0380. The Kier molecular flexibility index (Phi) is 4.86. The summed E-state index contributed by atoms with van der Waals surface area (Å²) >= 11 is 0. The van der Waals surface area contributed by atoms with Crippen molar-refractivity contribution in [1.82, 2.24) is 18.8 Å². The molecule has 1 heterocycles. The first kappa shape index (κ1) is 18.2. The minimum atomic E-state index is -3.83. The number of likely N-dealkylation sites (N-methyl/N-ethyl adjacent to an activating group) is 1. The number of carbonyl (C=O) groups excluding carboxylic acids is 1. The molecule has 24 heavy (non-hydrogen) atoms. The van der Waals surface area contributed by atoms with E-state index in [0.29, 0.717) is 11.0 Å². The molecular formula is C15H22N4O4S. The summed E-state index contributed by atoms with van der Waals surface area (Å²) in [6.45, 7) is 3.33. The molecule has 0 saturated heterocycles. The second-order valence-corrected chi connectivity index (χ2v) is 8.08. The predicted molar refractivity (Wildman–Crippen MR) is 91.3 cm³/mol. The molecule has 0 fully saturated rings. The average Bonchev–Trinajstić information content (AvgIpc) is 2.70. The highest BCUT2D eigenvalue weighted by molar-refractivity contribution is 7.89. The van der Waals surface area contributed by atoms with Gasteiger partial charge in [0.05, 0.1) is 22.5 Å². The van der Waals surface area contributed by atoms with Crippen molar-refractivity contribution in [3.05, 3.63) is 28.7 Å². The van der Waals surface area contributed by atoms with Gasteiger partial charge in [0.2, 0.25) is 15.9 Å². The summed E-state index contributed by atoms with van der Waals surface area (Å²) in [4.78, 5) is 23.8. The molecule has 0 aliphatic rings. The number of rotatable bonds is 5. The Bertz CT molecular complexity index is 940. The first-order valence-corrected chi connectivity index (χ1v) is 8.91. The quantitative estimate of drug-likeness (QED) is 0.819. The average molecular weight is 354 g/mol. The van der Waals surface area contributed by atoms with Crippen molar-refractivity contribution >= 4 is 27.0 Å². The molecular weight excluding hydrogens is 332 g/mol. The van der Waals surface area contributed by atoms with Crippen molar-refractivity contribution in [2.75, 3.05) is 13.6 Å². The molecule has 9 heteroatoms. The fourth-order valence-electron chi connectivity index (χ4n) is 2.48. The molecule has 0 radical (unpaired) electrons. The van der Waals surface area contributed by atoms with Crippen LogP contribution in [0.25, 0.3) is 11.0 Å². The zero-order valence-electron chi connectivity index (χ0n) is 14.4. The van der Waals surface area contributed by atoms with E-state index in [9.17, 15) is 18.0 Å². The zero-order valence-corrected chi connectivity index (χ0v) is 15.2. The fraction of sp³-hybridized carbons (Fsp3) is 0.467. The van der Waals surface area contributed by atoms with Crippen LogP contribution in [0.4, 0.5) is 0 Å². The van der Waals surface area contributed by atoms with Crippen LogP contribution in [0.5, 0.6) is 0 Å². The zero-order chi connectivity index (χ0) is 18.2. The number of aromatic nitrogens is 2. The van der Waals surface area contributed by atoms with E-state index in [0.717, 1.165) is 4.31 Å². The van der Waals surface area contributed by atoms with E-state index in [1.165, 1.54) is 28.3 Å². The lowest BCUT2D eigenvalue weighted by molar-refractivity contribution is -0.121. The molecule has 8 nitrogen and oxygen atoms in total. The van der Waals surface area contributed by atoms with Gasteiger partial charge in [-0.25, -0.2) is 13.2 Å². The maximum absolute atomic E-state index is 12.7. The monoisotopic (exact) mass is 354 g/mol. The van der Waals surface area contributed by atoms with Gasteiger partial charge in [-0.2, -0.15) is 4.31 Å². The molecule has 0 saturated carbocycles. The Morgan fingerprint density at radius 1 is 1.21 bits per heavy atom. The Morgan fingerprint density at radius 3 is 2.38 bits per heavy atom. The van der Waals surface area contributed by atoms with Crippen molar-refractivity contribution in [2.45, 2.75) is 24.8 Å². The van der Waals surface area contributed by atoms with Gasteiger partial charge in [0.1, 0.15) is 0 Å². The van der Waals surface area contributed by atoms with Gasteiger partial charge in [-0.3, -0.25) is 13.9 Å². The molecule has 1 aromatic heterocycles. The number of nitrogens with one attached hydrogen (secondary N) is 1. The summed E-state index contributed by atoms with van der Waals surface area (Å²) in [5, 5.41) is 2.65. The molecule has 2 rings (SSSR count). The molecule has 0 aliphatic carbocycles. The van der Waals surface area contributed by atoms with Crippen LogP contribution < -0.4 is 11.0 Å². The lowest BCUT2D eigenvalue weighted by atomic mass is 10.3. The smallest absolute Gasteiger partial charge is 0.328 e. The van der Waals surface area contributed by atoms with E-state index in [-0.39, 0.29) is 29.1 Å². The van der Waals surface area contributed by atoms with Crippen LogP contribution in [0.1, 0.15) is 13.8 Å². The molecule has 0 bridgehead atoms. The van der Waals surface area contributed by atoms with Crippen molar-refractivity contribution in [2.24, 2.45) is 14.1 Å². The number of nitrogens with zero attached hydrogens (tertiary/aromatic N) is 3. The van der Waals surface area contributed by atoms with E-state index in [1.807, 2.05) is 0 Å². The van der Waals surface area contributed by atoms with Crippen molar-refractivity contribution in [1.29, 1.82) is 0 Å². The summed E-state index contributed by atoms with van der Waals surface area (Å²) < 4.78 is 29.1. The summed E-state index contributed by atoms with van der Waals surface area (Å²) in [7, 11) is 0.727. The third-order valence-electron chi connectivity index (χ3n) is 3.77. The molecule has 0 spiro atoms. The third-order valence-corrected chi connectivity index (χ3v) is 5.57. The second-order valence-electron chi connectivity index (χ2n) is 6.03. The SMILES string of the molecule is CC(C)NC(=O)CN(C)S(=O)(=O)c1ccc2c(c1)n(C)c(=O)n2C. The van der Waals surface area contributed by atoms with Crippen LogP contribution >= 0.6 is 0 Å². The lowest BCUT2D eigenvalue weighted by Gasteiger charge is -2.18. The van der Waals surface area contributed by atoms with Gasteiger partial charge < -0.3 is 5.32 Å². The van der Waals surface area contributed by atoms with Crippen molar-refractivity contribution in [3.8, 4) is 0 Å². The van der Waals surface area contributed by atoms with Gasteiger partial charge in [-0.15, -0.1) is 0 Å². The number of hydrogen-bond acceptors (Lipinski definition) is 4. The summed E-state index contributed by atoms with van der Waals surface area (Å²) in [5.41, 5.74) is 0.925. The molecule has 1 aromatic carbocycles. The number of benzene rings is 1. The number of hydrogen-bond donors (Lipinski definition) is 1. The highest BCUT2D eigenvalue weighted by atomic mass is 32.2. The first-order valence-electron chi connectivity index (χ1n) is 7.47. The molecule has 1 amide bonds. The number of amides is 1. The molecule has 0 unspecified atom stereocenters. The molecule has 0 atom stereocenters. The Hall–Kier alpha value is -2.13. The van der Waals surface area contributed by atoms with Gasteiger partial charge in [-0.05, 0) is 32.0 Å². The Balaban J connectivity index is 2.39. The second kappa shape index (κ2) is 6.40. The third kappa shape index (κ3) is 3.22. The summed E-state index contributed by atoms with van der Waals surface area (Å²) in [6.07, 6.45) is 0. The number of fused-ring (bicyclic) bond motifs is 1. The van der Waals surface area contributed by atoms with Crippen LogP contribution in [0.3, 0.4) is 0 Å². The minimum Gasteiger partial charge on any atom is -0.353 e. The van der Waals surface area contributed by atoms with Gasteiger partial charge in [0.15, 0.2) is 0 Å². The fourth-order valence-corrected chi connectivity index (χ4v) is 3.63. The van der Waals surface area contributed by atoms with E-state index < -0.39 is 10.0 Å². The van der Waals surface area contributed by atoms with E-state index in [4.69, 9.17) is 0 Å². The van der Waals surface area contributed by atoms with Gasteiger partial charge in [-0.1, -0.05) is 0 Å². The van der Waals surface area contributed by atoms with Crippen molar-refractivity contribution < 1.29 is 13.2 Å². The Labute approximate surface area is 140 Å². The van der Waals surface area contributed by atoms with E-state index in [1.54, 1.807) is 34.0 Å². The van der Waals surface area contributed by atoms with Gasteiger partial charge in [0, 0.05) is 27.2 Å². The van der Waals surface area contributed by atoms with Crippen LogP contribution in [-0.2, 0) is 28.9 Å². The normalized spacial score (nSPS) is 12.3. The molecule has 2 aromatic rings. The molecule has 132 valence electrons. The molecule has 1 N–H and O–H groups in total. The lowest BCUT2D eigenvalue weighted by Crippen LogP contribution is -2.40. The largest absolute Gasteiger partial charge is 0.353 e. The van der Waals surface area contributed by atoms with Crippen LogP contribution in [0, 0.1) is 0 Å². The highest BCUT2D eigenvalue weighted by Crippen LogP contribution is 2.20. The topological polar surface area (TPSA) is 93.4 Å². The van der Waals surface area contributed by atoms with Crippen LogP contribution in [0.15, 0.2) is 27.9 Å². The molecule has 0 aliphatic heterocycles. The number of sulfonamides is 1. The van der Waals surface area contributed by atoms with E-state index >= 15 is 0 Å². The van der Waals surface area contributed by atoms with Crippen molar-refractivity contribution in [3.63, 3.8) is 0 Å². The van der Waals surface area contributed by atoms with Crippen LogP contribution in [0.2, 0.25) is 0 Å². The predicted octanol–water partition coefficient (Wildman–Crippen LogP) is 0.0221. The first-order chi connectivity index (χ1) is 11.1. The van der Waals surface area contributed by atoms with Gasteiger partial charge in [0.25, 0.3) is 0 Å². The maximum Gasteiger partial charge on any atom is 0.328 e. The standard InChI is InChI=1S/C15H22N4O4S/c1-10(2)16-14(20)9-17(3)24(22,23)11-6-7-12-13(8-11)19(5)15(21)18(12)4/h6-8,10H,9H2,1-5H3,(H,16,20). The van der Waals surface area contributed by atoms with E-state index in [2.05, 4.69) is 5.32 Å². The number of imidazole rings is 1. The number of carbonyl (C=O) groups is 1. The Morgan fingerprint density at radius 2 is 1.79 bits per heavy atom. The number of aryl methyl sites for hydroxylation is 2.